The number of nitrogens with two attached hydrogens (primary N) is 1. The van der Waals surface area contributed by atoms with Crippen molar-refractivity contribution >= 4 is 6.03 Å². The molecule has 1 aromatic carbocycles. The first kappa shape index (κ1) is 12.5. The summed E-state index contributed by atoms with van der Waals surface area (Å²) in [5.41, 5.74) is 6.60. The van der Waals surface area contributed by atoms with E-state index in [2.05, 4.69) is 10.6 Å². The number of amides is 2. The predicted octanol–water partition coefficient (Wildman–Crippen LogP) is 1.40. The maximum Gasteiger partial charge on any atom is 0.315 e. The van der Waals surface area contributed by atoms with E-state index in [1.54, 1.807) is 7.05 Å². The third kappa shape index (κ3) is 3.90. The van der Waals surface area contributed by atoms with Crippen LogP contribution in [0.2, 0.25) is 0 Å². The Balaban J connectivity index is 2.67. The molecular weight excluding hydrogens is 202 g/mol. The molecule has 0 radical (unpaired) electrons. The smallest absolute Gasteiger partial charge is 0.315 e. The summed E-state index contributed by atoms with van der Waals surface area (Å²) in [6, 6.07) is 9.79. The van der Waals surface area contributed by atoms with E-state index in [0.717, 1.165) is 18.4 Å². The normalized spacial score (nSPS) is 11.9. The zero-order valence-electron chi connectivity index (χ0n) is 9.57. The highest BCUT2D eigenvalue weighted by molar-refractivity contribution is 5.74. The summed E-state index contributed by atoms with van der Waals surface area (Å²) in [4.78, 5) is 11.3. The highest BCUT2D eigenvalue weighted by Gasteiger charge is 2.12. The minimum Gasteiger partial charge on any atom is -0.341 e. The fourth-order valence-electron chi connectivity index (χ4n) is 1.56. The standard InChI is InChI=1S/C12H19N3O/c1-14-12(16)15-11(8-5-9-13)10-6-3-2-4-7-10/h2-4,6-7,11H,5,8-9,13H2,1H3,(H2,14,15,16)/t11-/m1/s1. The van der Waals surface area contributed by atoms with Gasteiger partial charge >= 0.3 is 6.03 Å². The van der Waals surface area contributed by atoms with Crippen LogP contribution in [0.3, 0.4) is 0 Å². The quantitative estimate of drug-likeness (QED) is 0.703. The maximum atomic E-state index is 11.3. The fraction of sp³-hybridized carbons (Fsp3) is 0.417. The van der Waals surface area contributed by atoms with Gasteiger partial charge in [-0.15, -0.1) is 0 Å². The van der Waals surface area contributed by atoms with Crippen molar-refractivity contribution in [1.29, 1.82) is 0 Å². The van der Waals surface area contributed by atoms with Gasteiger partial charge in [0, 0.05) is 7.05 Å². The van der Waals surface area contributed by atoms with Crippen LogP contribution < -0.4 is 16.4 Å². The second-order valence-electron chi connectivity index (χ2n) is 3.62. The zero-order chi connectivity index (χ0) is 11.8. The molecular formula is C12H19N3O. The van der Waals surface area contributed by atoms with Crippen molar-refractivity contribution in [2.45, 2.75) is 18.9 Å². The number of hydrogen-bond acceptors (Lipinski definition) is 2. The molecule has 0 aliphatic rings. The number of urea groups is 1. The number of rotatable bonds is 5. The van der Waals surface area contributed by atoms with Gasteiger partial charge < -0.3 is 16.4 Å². The van der Waals surface area contributed by atoms with Crippen LogP contribution in [0.25, 0.3) is 0 Å². The molecule has 2 amide bonds. The average molecular weight is 221 g/mol. The van der Waals surface area contributed by atoms with Crippen LogP contribution in [0.4, 0.5) is 4.79 Å². The van der Waals surface area contributed by atoms with Gasteiger partial charge in [-0.25, -0.2) is 4.79 Å². The Morgan fingerprint density at radius 2 is 2.06 bits per heavy atom. The topological polar surface area (TPSA) is 67.2 Å². The molecule has 0 aromatic heterocycles. The summed E-state index contributed by atoms with van der Waals surface area (Å²) in [6.45, 7) is 0.638. The van der Waals surface area contributed by atoms with E-state index in [9.17, 15) is 4.79 Å². The highest BCUT2D eigenvalue weighted by Crippen LogP contribution is 2.17. The predicted molar refractivity (Wildman–Crippen MR) is 65.1 cm³/mol. The van der Waals surface area contributed by atoms with Crippen LogP contribution in [0.15, 0.2) is 30.3 Å². The lowest BCUT2D eigenvalue weighted by Crippen LogP contribution is -2.36. The van der Waals surface area contributed by atoms with Crippen LogP contribution in [0.5, 0.6) is 0 Å². The molecule has 4 nitrogen and oxygen atoms in total. The largest absolute Gasteiger partial charge is 0.341 e. The minimum absolute atomic E-state index is 0.0321. The lowest BCUT2D eigenvalue weighted by atomic mass is 10.0. The molecule has 0 bridgehead atoms. The van der Waals surface area contributed by atoms with Crippen LogP contribution in [-0.4, -0.2) is 19.6 Å². The van der Waals surface area contributed by atoms with Crippen molar-refractivity contribution in [2.24, 2.45) is 5.73 Å². The summed E-state index contributed by atoms with van der Waals surface area (Å²) >= 11 is 0. The summed E-state index contributed by atoms with van der Waals surface area (Å²) in [5.74, 6) is 0. The molecule has 4 N–H and O–H groups in total. The van der Waals surface area contributed by atoms with Crippen molar-refractivity contribution in [3.8, 4) is 0 Å². The van der Waals surface area contributed by atoms with E-state index in [1.807, 2.05) is 30.3 Å². The van der Waals surface area contributed by atoms with E-state index >= 15 is 0 Å². The van der Waals surface area contributed by atoms with Gasteiger partial charge in [0.05, 0.1) is 6.04 Å². The van der Waals surface area contributed by atoms with E-state index in [4.69, 9.17) is 5.73 Å². The van der Waals surface area contributed by atoms with Crippen LogP contribution >= 0.6 is 0 Å². The molecule has 0 heterocycles. The van der Waals surface area contributed by atoms with Crippen molar-refractivity contribution in [3.63, 3.8) is 0 Å². The molecule has 88 valence electrons. The van der Waals surface area contributed by atoms with E-state index < -0.39 is 0 Å². The Morgan fingerprint density at radius 3 is 2.62 bits per heavy atom. The van der Waals surface area contributed by atoms with Gasteiger partial charge in [-0.3, -0.25) is 0 Å². The Labute approximate surface area is 96.2 Å². The number of carbonyl (C=O) groups is 1. The van der Waals surface area contributed by atoms with Gasteiger partial charge in [0.1, 0.15) is 0 Å². The molecule has 1 rings (SSSR count). The van der Waals surface area contributed by atoms with Gasteiger partial charge in [-0.05, 0) is 24.9 Å². The lowest BCUT2D eigenvalue weighted by Gasteiger charge is -2.18. The van der Waals surface area contributed by atoms with Crippen LogP contribution in [0, 0.1) is 0 Å². The van der Waals surface area contributed by atoms with Gasteiger partial charge in [0.25, 0.3) is 0 Å². The van der Waals surface area contributed by atoms with Crippen molar-refractivity contribution in [1.82, 2.24) is 10.6 Å². The number of benzene rings is 1. The lowest BCUT2D eigenvalue weighted by molar-refractivity contribution is 0.238. The monoisotopic (exact) mass is 221 g/mol. The van der Waals surface area contributed by atoms with E-state index in [1.165, 1.54) is 0 Å². The summed E-state index contributed by atoms with van der Waals surface area (Å²) in [6.07, 6.45) is 1.75. The van der Waals surface area contributed by atoms with Gasteiger partial charge in [0.15, 0.2) is 0 Å². The van der Waals surface area contributed by atoms with Crippen LogP contribution in [0.1, 0.15) is 24.4 Å². The molecule has 4 heteroatoms. The van der Waals surface area contributed by atoms with Crippen molar-refractivity contribution in [2.75, 3.05) is 13.6 Å². The molecule has 0 saturated heterocycles. The molecule has 0 saturated carbocycles. The zero-order valence-corrected chi connectivity index (χ0v) is 9.57. The molecule has 0 unspecified atom stereocenters. The molecule has 16 heavy (non-hydrogen) atoms. The third-order valence-corrected chi connectivity index (χ3v) is 2.43. The molecule has 0 aliphatic carbocycles. The second kappa shape index (κ2) is 6.85. The molecule has 0 spiro atoms. The Hall–Kier alpha value is -1.55. The van der Waals surface area contributed by atoms with E-state index in [0.29, 0.717) is 6.54 Å². The molecule has 1 atom stereocenters. The van der Waals surface area contributed by atoms with Crippen molar-refractivity contribution in [3.05, 3.63) is 35.9 Å². The Kier molecular flexibility index (Phi) is 5.36. The highest BCUT2D eigenvalue weighted by atomic mass is 16.2. The minimum atomic E-state index is -0.161. The molecule has 0 aliphatic heterocycles. The average Bonchev–Trinajstić information content (AvgIpc) is 2.35. The number of nitrogens with one attached hydrogen (secondary N) is 2. The molecule has 1 aromatic rings. The Morgan fingerprint density at radius 1 is 1.38 bits per heavy atom. The Bertz CT molecular complexity index is 313. The summed E-state index contributed by atoms with van der Waals surface area (Å²) in [5, 5.41) is 5.47. The first-order chi connectivity index (χ1) is 7.77. The van der Waals surface area contributed by atoms with Crippen molar-refractivity contribution < 1.29 is 4.79 Å². The van der Waals surface area contributed by atoms with Gasteiger partial charge in [-0.2, -0.15) is 0 Å². The SMILES string of the molecule is CNC(=O)N[C@H](CCCN)c1ccccc1. The van der Waals surface area contributed by atoms with E-state index in [-0.39, 0.29) is 12.1 Å². The number of hydrogen-bond donors (Lipinski definition) is 3. The fourth-order valence-corrected chi connectivity index (χ4v) is 1.56. The molecule has 0 fully saturated rings. The first-order valence-corrected chi connectivity index (χ1v) is 5.51. The van der Waals surface area contributed by atoms with Crippen LogP contribution in [-0.2, 0) is 0 Å². The van der Waals surface area contributed by atoms with Gasteiger partial charge in [-0.1, -0.05) is 30.3 Å². The maximum absolute atomic E-state index is 11.3. The third-order valence-electron chi connectivity index (χ3n) is 2.43. The summed E-state index contributed by atoms with van der Waals surface area (Å²) < 4.78 is 0. The summed E-state index contributed by atoms with van der Waals surface area (Å²) in [7, 11) is 1.61. The van der Waals surface area contributed by atoms with Gasteiger partial charge in [0.2, 0.25) is 0 Å². The first-order valence-electron chi connectivity index (χ1n) is 5.51. The second-order valence-corrected chi connectivity index (χ2v) is 3.62. The number of carbonyl (C=O) groups excluding carboxylic acids is 1.